The molecule has 2 saturated heterocycles. The van der Waals surface area contributed by atoms with Crippen LogP contribution in [-0.2, 0) is 20.4 Å². The Morgan fingerprint density at radius 2 is 1.74 bits per heavy atom. The number of aromatic nitrogens is 2. The number of aryl methyl sites for hydroxylation is 1. The molecule has 2 aliphatic heterocycles. The lowest BCUT2D eigenvalue weighted by molar-refractivity contribution is 0.0703. The maximum Gasteiger partial charge on any atom is 0.282 e. The van der Waals surface area contributed by atoms with Crippen molar-refractivity contribution in [1.82, 2.24) is 18.4 Å². The molecule has 7 nitrogen and oxygen atoms in total. The van der Waals surface area contributed by atoms with Gasteiger partial charge in [0.2, 0.25) is 0 Å². The maximum absolute atomic E-state index is 13.6. The van der Waals surface area contributed by atoms with Gasteiger partial charge in [0, 0.05) is 42.9 Å². The fraction of sp³-hybridized carbons (Fsp3) is 0.345. The highest BCUT2D eigenvalue weighted by Gasteiger charge is 2.71. The topological polar surface area (TPSA) is 67.7 Å². The van der Waals surface area contributed by atoms with E-state index in [9.17, 15) is 12.8 Å². The van der Waals surface area contributed by atoms with E-state index in [1.807, 2.05) is 16.9 Å². The largest absolute Gasteiger partial charge is 0.379 e. The number of benzene rings is 3. The van der Waals surface area contributed by atoms with Gasteiger partial charge in [0.15, 0.2) is 0 Å². The van der Waals surface area contributed by atoms with Gasteiger partial charge < -0.3 is 4.74 Å². The molecule has 0 amide bonds. The van der Waals surface area contributed by atoms with Crippen molar-refractivity contribution in [2.24, 2.45) is 5.92 Å². The van der Waals surface area contributed by atoms with Crippen LogP contribution < -0.4 is 0 Å². The predicted molar refractivity (Wildman–Crippen MR) is 143 cm³/mol. The summed E-state index contributed by atoms with van der Waals surface area (Å²) < 4.78 is 51.2. The van der Waals surface area contributed by atoms with Crippen LogP contribution in [0.15, 0.2) is 72.9 Å². The number of rotatable bonds is 5. The highest BCUT2D eigenvalue weighted by molar-refractivity contribution is 7.86. The van der Waals surface area contributed by atoms with Crippen molar-refractivity contribution < 1.29 is 17.5 Å². The van der Waals surface area contributed by atoms with Crippen molar-refractivity contribution in [2.45, 2.75) is 18.3 Å². The lowest BCUT2D eigenvalue weighted by Crippen LogP contribution is -2.49. The van der Waals surface area contributed by atoms with E-state index in [-0.39, 0.29) is 23.1 Å². The summed E-state index contributed by atoms with van der Waals surface area (Å²) in [5.74, 6) is 0.166. The van der Waals surface area contributed by atoms with Crippen molar-refractivity contribution >= 4 is 21.1 Å². The van der Waals surface area contributed by atoms with Gasteiger partial charge in [0.1, 0.15) is 5.82 Å². The van der Waals surface area contributed by atoms with Gasteiger partial charge in [-0.1, -0.05) is 30.3 Å². The van der Waals surface area contributed by atoms with Crippen LogP contribution in [0.1, 0.15) is 22.6 Å². The molecule has 1 aliphatic carbocycles. The average Bonchev–Trinajstić information content (AvgIpc) is 3.20. The highest BCUT2D eigenvalue weighted by Crippen LogP contribution is 2.70. The molecule has 3 atom stereocenters. The number of piperidine rings is 1. The predicted octanol–water partition coefficient (Wildman–Crippen LogP) is 4.02. The first-order chi connectivity index (χ1) is 18.4. The highest BCUT2D eigenvalue weighted by atomic mass is 32.2. The zero-order chi connectivity index (χ0) is 26.1. The summed E-state index contributed by atoms with van der Waals surface area (Å²) >= 11 is 0. The Kier molecular flexibility index (Phi) is 5.49. The van der Waals surface area contributed by atoms with Crippen LogP contribution in [0.4, 0.5) is 4.39 Å². The molecular weight excluding hydrogens is 503 g/mol. The molecule has 4 aromatic rings. The second kappa shape index (κ2) is 8.71. The van der Waals surface area contributed by atoms with Gasteiger partial charge in [0.25, 0.3) is 10.2 Å². The van der Waals surface area contributed by atoms with E-state index in [4.69, 9.17) is 4.74 Å². The second-order valence-corrected chi connectivity index (χ2v) is 12.5. The second-order valence-electron chi connectivity index (χ2n) is 10.6. The molecule has 3 fully saturated rings. The van der Waals surface area contributed by atoms with Crippen LogP contribution in [-0.4, -0.2) is 66.2 Å². The van der Waals surface area contributed by atoms with Crippen LogP contribution in [0.3, 0.4) is 0 Å². The van der Waals surface area contributed by atoms with Gasteiger partial charge >= 0.3 is 0 Å². The SMILES string of the molecule is Cc1cc2c(cnn2-c2ccc(F)cc2)cc1C12CN(S(=O)(=O)N3CCOCC3)CC1C2c1ccccc1. The lowest BCUT2D eigenvalue weighted by Gasteiger charge is -2.32. The number of hydrogen-bond donors (Lipinski definition) is 0. The number of morpholine rings is 1. The molecule has 3 unspecified atom stereocenters. The number of ether oxygens (including phenoxy) is 1. The first kappa shape index (κ1) is 24.0. The van der Waals surface area contributed by atoms with Gasteiger partial charge in [-0.15, -0.1) is 0 Å². The van der Waals surface area contributed by atoms with E-state index in [1.165, 1.54) is 23.3 Å². The van der Waals surface area contributed by atoms with Gasteiger partial charge in [-0.05, 0) is 65.9 Å². The standard InChI is InChI=1S/C29H29FN4O3S/c1-20-15-27-22(17-31-34(27)24-9-7-23(30)8-10-24)16-25(20)29-19-33(38(35,36)32-11-13-37-14-12-32)18-26(29)28(29)21-5-3-2-4-6-21/h2-10,15-17,26,28H,11-14,18-19H2,1H3. The number of hydrogen-bond acceptors (Lipinski definition) is 4. The van der Waals surface area contributed by atoms with Crippen molar-refractivity contribution in [3.8, 4) is 5.69 Å². The van der Waals surface area contributed by atoms with Crippen LogP contribution in [0.2, 0.25) is 0 Å². The van der Waals surface area contributed by atoms with E-state index >= 15 is 0 Å². The molecule has 9 heteroatoms. The maximum atomic E-state index is 13.6. The molecule has 3 aromatic carbocycles. The summed E-state index contributed by atoms with van der Waals surface area (Å²) in [7, 11) is -3.57. The normalized spacial score (nSPS) is 26.1. The minimum Gasteiger partial charge on any atom is -0.379 e. The van der Waals surface area contributed by atoms with Crippen LogP contribution in [0, 0.1) is 18.7 Å². The Morgan fingerprint density at radius 3 is 2.47 bits per heavy atom. The Hall–Kier alpha value is -3.11. The molecule has 3 aliphatic rings. The Morgan fingerprint density at radius 1 is 1.00 bits per heavy atom. The molecule has 38 heavy (non-hydrogen) atoms. The summed E-state index contributed by atoms with van der Waals surface area (Å²) in [6, 6.07) is 21.1. The van der Waals surface area contributed by atoms with Crippen LogP contribution in [0.25, 0.3) is 16.6 Å². The molecule has 7 rings (SSSR count). The molecule has 0 bridgehead atoms. The molecule has 0 radical (unpaired) electrons. The zero-order valence-corrected chi connectivity index (χ0v) is 21.9. The summed E-state index contributed by atoms with van der Waals surface area (Å²) in [6.45, 7) is 4.71. The molecule has 0 N–H and O–H groups in total. The monoisotopic (exact) mass is 532 g/mol. The van der Waals surface area contributed by atoms with E-state index in [1.54, 1.807) is 20.7 Å². The molecule has 1 saturated carbocycles. The van der Waals surface area contributed by atoms with E-state index < -0.39 is 10.2 Å². The zero-order valence-electron chi connectivity index (χ0n) is 21.1. The van der Waals surface area contributed by atoms with Crippen molar-refractivity contribution in [3.05, 3.63) is 95.4 Å². The van der Waals surface area contributed by atoms with Crippen molar-refractivity contribution in [2.75, 3.05) is 39.4 Å². The van der Waals surface area contributed by atoms with Gasteiger partial charge in [0.05, 0.1) is 30.6 Å². The third-order valence-corrected chi connectivity index (χ3v) is 10.6. The van der Waals surface area contributed by atoms with Crippen molar-refractivity contribution in [3.63, 3.8) is 0 Å². The van der Waals surface area contributed by atoms with Crippen LogP contribution in [0.5, 0.6) is 0 Å². The van der Waals surface area contributed by atoms with Gasteiger partial charge in [-0.3, -0.25) is 0 Å². The average molecular weight is 533 g/mol. The molecule has 3 heterocycles. The minimum atomic E-state index is -3.57. The van der Waals surface area contributed by atoms with Gasteiger partial charge in [-0.2, -0.15) is 22.1 Å². The fourth-order valence-corrected chi connectivity index (χ4v) is 8.47. The molecular formula is C29H29FN4O3S. The Balaban J connectivity index is 1.30. The quantitative estimate of drug-likeness (QED) is 0.390. The first-order valence-corrected chi connectivity index (χ1v) is 14.4. The van der Waals surface area contributed by atoms with E-state index in [2.05, 4.69) is 48.4 Å². The van der Waals surface area contributed by atoms with Gasteiger partial charge in [-0.25, -0.2) is 9.07 Å². The smallest absolute Gasteiger partial charge is 0.282 e. The van der Waals surface area contributed by atoms with E-state index in [0.717, 1.165) is 22.2 Å². The summed E-state index contributed by atoms with van der Waals surface area (Å²) in [5.41, 5.74) is 4.98. The number of nitrogens with zero attached hydrogens (tertiary/aromatic N) is 4. The Bertz CT molecular complexity index is 1620. The third-order valence-electron chi connectivity index (χ3n) is 8.62. The lowest BCUT2D eigenvalue weighted by atomic mass is 9.87. The Labute approximate surface area is 221 Å². The van der Waals surface area contributed by atoms with E-state index in [0.29, 0.717) is 39.4 Å². The molecule has 196 valence electrons. The summed E-state index contributed by atoms with van der Waals surface area (Å²) in [5, 5.41) is 5.59. The number of halogens is 1. The molecule has 1 aromatic heterocycles. The van der Waals surface area contributed by atoms with Crippen molar-refractivity contribution in [1.29, 1.82) is 0 Å². The number of fused-ring (bicyclic) bond motifs is 2. The third kappa shape index (κ3) is 3.56. The minimum absolute atomic E-state index is 0.198. The fourth-order valence-electron chi connectivity index (χ4n) is 6.81. The first-order valence-electron chi connectivity index (χ1n) is 13.0. The molecule has 0 spiro atoms. The summed E-state index contributed by atoms with van der Waals surface area (Å²) in [4.78, 5) is 0. The summed E-state index contributed by atoms with van der Waals surface area (Å²) in [6.07, 6.45) is 1.84. The van der Waals surface area contributed by atoms with Crippen LogP contribution >= 0.6 is 0 Å².